The van der Waals surface area contributed by atoms with E-state index in [0.717, 1.165) is 5.56 Å². The van der Waals surface area contributed by atoms with Gasteiger partial charge in [0, 0.05) is 36.9 Å². The number of carbonyl (C=O) groups excluding carboxylic acids is 2. The smallest absolute Gasteiger partial charge is 0.401 e. The third-order valence-corrected chi connectivity index (χ3v) is 6.81. The molecule has 1 aromatic carbocycles. The summed E-state index contributed by atoms with van der Waals surface area (Å²) in [6.45, 7) is 1.68. The van der Waals surface area contributed by atoms with Crippen LogP contribution in [-0.4, -0.2) is 57.8 Å². The number of alkyl halides is 3. The van der Waals surface area contributed by atoms with Crippen LogP contribution in [0.3, 0.4) is 0 Å². The Morgan fingerprint density at radius 2 is 1.94 bits per heavy atom. The summed E-state index contributed by atoms with van der Waals surface area (Å²) in [7, 11) is 0. The summed E-state index contributed by atoms with van der Waals surface area (Å²) >= 11 is 0. The predicted molar refractivity (Wildman–Crippen MR) is 106 cm³/mol. The lowest BCUT2D eigenvalue weighted by Crippen LogP contribution is -2.48. The third kappa shape index (κ3) is 3.75. The van der Waals surface area contributed by atoms with E-state index in [2.05, 4.69) is 15.2 Å². The van der Waals surface area contributed by atoms with Crippen LogP contribution in [0.15, 0.2) is 24.3 Å². The highest BCUT2D eigenvalue weighted by Gasteiger charge is 2.66. The van der Waals surface area contributed by atoms with E-state index in [1.54, 1.807) is 12.1 Å². The Morgan fingerprint density at radius 1 is 1.22 bits per heavy atom. The van der Waals surface area contributed by atoms with Crippen LogP contribution in [0.1, 0.15) is 49.4 Å². The molecule has 5 rings (SSSR count). The number of halogens is 3. The molecule has 1 N–H and O–H groups in total. The van der Waals surface area contributed by atoms with E-state index >= 15 is 0 Å². The predicted octanol–water partition coefficient (Wildman–Crippen LogP) is 3.33. The molecule has 1 saturated carbocycles. The van der Waals surface area contributed by atoms with Gasteiger partial charge < -0.3 is 9.64 Å². The van der Waals surface area contributed by atoms with Gasteiger partial charge in [-0.15, -0.1) is 0 Å². The second-order valence-electron chi connectivity index (χ2n) is 9.00. The highest BCUT2D eigenvalue weighted by Crippen LogP contribution is 2.57. The van der Waals surface area contributed by atoms with Crippen LogP contribution in [0.2, 0.25) is 0 Å². The van der Waals surface area contributed by atoms with Crippen molar-refractivity contribution in [3.8, 4) is 11.4 Å². The molecule has 10 heteroatoms. The van der Waals surface area contributed by atoms with Gasteiger partial charge in [0.15, 0.2) is 5.82 Å². The average molecular weight is 448 g/mol. The molecule has 0 unspecified atom stereocenters. The van der Waals surface area contributed by atoms with Crippen molar-refractivity contribution < 1.29 is 27.5 Å². The summed E-state index contributed by atoms with van der Waals surface area (Å²) in [5, 5.41) is 6.46. The zero-order valence-electron chi connectivity index (χ0n) is 17.3. The minimum Gasteiger partial charge on any atom is -0.465 e. The topological polar surface area (TPSA) is 88.2 Å². The van der Waals surface area contributed by atoms with Gasteiger partial charge in [-0.05, 0) is 24.8 Å². The van der Waals surface area contributed by atoms with E-state index in [9.17, 15) is 22.8 Å². The second-order valence-corrected chi connectivity index (χ2v) is 9.00. The van der Waals surface area contributed by atoms with Gasteiger partial charge in [0.25, 0.3) is 0 Å². The van der Waals surface area contributed by atoms with Crippen molar-refractivity contribution in [2.45, 2.75) is 49.6 Å². The molecule has 0 spiro atoms. The van der Waals surface area contributed by atoms with Crippen molar-refractivity contribution in [1.82, 2.24) is 20.1 Å². The van der Waals surface area contributed by atoms with Crippen LogP contribution in [0.25, 0.3) is 11.4 Å². The first-order chi connectivity index (χ1) is 15.2. The maximum absolute atomic E-state index is 13.3. The van der Waals surface area contributed by atoms with Gasteiger partial charge >= 0.3 is 12.1 Å². The van der Waals surface area contributed by atoms with E-state index in [1.165, 1.54) is 0 Å². The minimum absolute atomic E-state index is 0.0352. The molecule has 3 fully saturated rings. The Bertz CT molecular complexity index is 1020. The number of cyclic esters (lactones) is 1. The number of amides is 1. The number of carbonyl (C=O) groups is 2. The van der Waals surface area contributed by atoms with Crippen LogP contribution in [-0.2, 0) is 19.7 Å². The highest BCUT2D eigenvalue weighted by atomic mass is 19.4. The van der Waals surface area contributed by atoms with Crippen LogP contribution in [0, 0.1) is 5.92 Å². The number of esters is 1. The normalized spacial score (nSPS) is 22.5. The van der Waals surface area contributed by atoms with Gasteiger partial charge in [0.1, 0.15) is 11.2 Å². The molecule has 2 saturated heterocycles. The van der Waals surface area contributed by atoms with Crippen molar-refractivity contribution >= 4 is 11.9 Å². The molecule has 32 heavy (non-hydrogen) atoms. The van der Waals surface area contributed by atoms with Crippen molar-refractivity contribution in [2.24, 2.45) is 5.92 Å². The van der Waals surface area contributed by atoms with Crippen molar-refractivity contribution in [3.63, 3.8) is 0 Å². The second kappa shape index (κ2) is 7.60. The van der Waals surface area contributed by atoms with Gasteiger partial charge in [-0.1, -0.05) is 24.3 Å². The molecule has 170 valence electrons. The highest BCUT2D eigenvalue weighted by molar-refractivity contribution is 5.77. The first-order valence-corrected chi connectivity index (χ1v) is 10.8. The van der Waals surface area contributed by atoms with E-state index in [0.29, 0.717) is 44.5 Å². The Labute approximate surface area is 182 Å². The summed E-state index contributed by atoms with van der Waals surface area (Å²) < 4.78 is 44.8. The fourth-order valence-corrected chi connectivity index (χ4v) is 4.42. The summed E-state index contributed by atoms with van der Waals surface area (Å²) in [5.74, 6) is 0.394. The van der Waals surface area contributed by atoms with Crippen LogP contribution < -0.4 is 0 Å². The molecule has 7 nitrogen and oxygen atoms in total. The van der Waals surface area contributed by atoms with Crippen molar-refractivity contribution in [3.05, 3.63) is 35.7 Å². The van der Waals surface area contributed by atoms with Gasteiger partial charge in [-0.25, -0.2) is 4.98 Å². The molecule has 2 aliphatic heterocycles. The number of aromatic nitrogens is 3. The summed E-state index contributed by atoms with van der Waals surface area (Å²) in [6.07, 6.45) is -2.79. The number of aromatic amines is 1. The molecular formula is C22H23F3N4O3. The lowest BCUT2D eigenvalue weighted by molar-refractivity contribution is -0.162. The molecule has 1 aromatic heterocycles. The molecule has 0 radical (unpaired) electrons. The van der Waals surface area contributed by atoms with Crippen molar-refractivity contribution in [2.75, 3.05) is 19.7 Å². The fraction of sp³-hybridized carbons (Fsp3) is 0.545. The number of likely N-dealkylation sites (tertiary alicyclic amines) is 1. The Hall–Kier alpha value is -2.91. The zero-order valence-corrected chi connectivity index (χ0v) is 17.3. The first-order valence-electron chi connectivity index (χ1n) is 10.8. The standard InChI is InChI=1S/C22H23F3N4O3/c23-22(24,25)21(7-8-21)20-26-19(27-28-20)15-4-2-14(3-5-15)16-10-29(11-16)17(30)6-1-13-9-18(31)32-12-13/h2-5,13,16H,1,6-12H2,(H,26,27,28)/t13-/m0/s1. The average Bonchev–Trinajstić information content (AvgIpc) is 3.22. The molecule has 1 atom stereocenters. The molecular weight excluding hydrogens is 425 g/mol. The number of ether oxygens (including phenoxy) is 1. The first kappa shape index (κ1) is 21.0. The largest absolute Gasteiger partial charge is 0.465 e. The fourth-order valence-electron chi connectivity index (χ4n) is 4.42. The van der Waals surface area contributed by atoms with Crippen molar-refractivity contribution in [1.29, 1.82) is 0 Å². The van der Waals surface area contributed by atoms with Crippen LogP contribution >= 0.6 is 0 Å². The van der Waals surface area contributed by atoms with Crippen LogP contribution in [0.4, 0.5) is 13.2 Å². The number of rotatable bonds is 6. The number of nitrogens with zero attached hydrogens (tertiary/aromatic N) is 3. The number of hydrogen-bond donors (Lipinski definition) is 1. The van der Waals surface area contributed by atoms with Gasteiger partial charge in [-0.2, -0.15) is 18.3 Å². The Balaban J connectivity index is 1.15. The molecule has 3 aliphatic rings. The molecule has 3 heterocycles. The van der Waals surface area contributed by atoms with Gasteiger partial charge in [-0.3, -0.25) is 14.7 Å². The lowest BCUT2D eigenvalue weighted by Gasteiger charge is -2.40. The summed E-state index contributed by atoms with van der Waals surface area (Å²) in [5.41, 5.74) is -0.160. The van der Waals surface area contributed by atoms with E-state index in [-0.39, 0.29) is 48.2 Å². The Morgan fingerprint density at radius 3 is 2.53 bits per heavy atom. The Kier molecular flexibility index (Phi) is 4.98. The van der Waals surface area contributed by atoms with Gasteiger partial charge in [0.2, 0.25) is 5.91 Å². The van der Waals surface area contributed by atoms with E-state index < -0.39 is 11.6 Å². The molecule has 0 bridgehead atoms. The molecule has 1 amide bonds. The third-order valence-electron chi connectivity index (χ3n) is 6.81. The lowest BCUT2D eigenvalue weighted by atomic mass is 9.90. The number of H-pyrrole nitrogens is 1. The number of benzene rings is 1. The van der Waals surface area contributed by atoms with E-state index in [1.807, 2.05) is 17.0 Å². The number of hydrogen-bond acceptors (Lipinski definition) is 5. The minimum atomic E-state index is -4.33. The van der Waals surface area contributed by atoms with Gasteiger partial charge in [0.05, 0.1) is 13.0 Å². The van der Waals surface area contributed by atoms with E-state index in [4.69, 9.17) is 4.74 Å². The summed E-state index contributed by atoms with van der Waals surface area (Å²) in [4.78, 5) is 29.4. The zero-order chi connectivity index (χ0) is 22.5. The maximum atomic E-state index is 13.3. The quantitative estimate of drug-likeness (QED) is 0.685. The molecule has 1 aliphatic carbocycles. The van der Waals surface area contributed by atoms with Crippen LogP contribution in [0.5, 0.6) is 0 Å². The SMILES string of the molecule is O=C1C[C@H](CCC(=O)N2CC(c3ccc(-c4n[nH]c(C5(C(F)(F)F)CC5)n4)cc3)C2)CO1. The molecule has 2 aromatic rings. The maximum Gasteiger partial charge on any atom is 0.401 e. The number of nitrogens with one attached hydrogen (secondary N) is 1. The summed E-state index contributed by atoms with van der Waals surface area (Å²) in [6, 6.07) is 7.43. The monoisotopic (exact) mass is 448 g/mol.